The van der Waals surface area contributed by atoms with E-state index in [9.17, 15) is 4.39 Å². The van der Waals surface area contributed by atoms with Crippen molar-refractivity contribution >= 4 is 0 Å². The molecule has 1 unspecified atom stereocenters. The first-order valence-electron chi connectivity index (χ1n) is 8.00. The van der Waals surface area contributed by atoms with Gasteiger partial charge < -0.3 is 15.5 Å². The molecule has 0 spiro atoms. The highest BCUT2D eigenvalue weighted by Gasteiger charge is 2.18. The molecule has 1 atom stereocenters. The van der Waals surface area contributed by atoms with Crippen LogP contribution >= 0.6 is 0 Å². The van der Waals surface area contributed by atoms with E-state index in [1.807, 2.05) is 0 Å². The average Bonchev–Trinajstić information content (AvgIpc) is 2.46. The molecule has 0 aromatic heterocycles. The number of piperazine rings is 1. The largest absolute Gasteiger partial charge is 0.324 e. The van der Waals surface area contributed by atoms with Crippen molar-refractivity contribution in [2.24, 2.45) is 11.7 Å². The SMILES string of the molecule is CC(C)CN1CCN(CCC(N)c2ccc(F)cc2)CC1. The van der Waals surface area contributed by atoms with Gasteiger partial charge in [0, 0.05) is 45.3 Å². The molecule has 1 aliphatic heterocycles. The molecule has 1 aromatic rings. The Hall–Kier alpha value is -0.970. The van der Waals surface area contributed by atoms with Gasteiger partial charge in [0.25, 0.3) is 0 Å². The third-order valence-electron chi connectivity index (χ3n) is 4.14. The van der Waals surface area contributed by atoms with Crippen LogP contribution in [0.4, 0.5) is 4.39 Å². The molecule has 0 amide bonds. The molecule has 21 heavy (non-hydrogen) atoms. The lowest BCUT2D eigenvalue weighted by Gasteiger charge is -2.35. The molecular weight excluding hydrogens is 265 g/mol. The van der Waals surface area contributed by atoms with Gasteiger partial charge in [-0.3, -0.25) is 0 Å². The van der Waals surface area contributed by atoms with E-state index in [1.165, 1.54) is 18.7 Å². The first-order valence-corrected chi connectivity index (χ1v) is 8.00. The molecule has 0 aliphatic carbocycles. The summed E-state index contributed by atoms with van der Waals surface area (Å²) in [7, 11) is 0. The predicted molar refractivity (Wildman–Crippen MR) is 85.7 cm³/mol. The monoisotopic (exact) mass is 293 g/mol. The molecule has 0 radical (unpaired) electrons. The zero-order valence-corrected chi connectivity index (χ0v) is 13.3. The van der Waals surface area contributed by atoms with E-state index in [0.717, 1.165) is 50.6 Å². The molecule has 1 saturated heterocycles. The Morgan fingerprint density at radius 3 is 2.19 bits per heavy atom. The van der Waals surface area contributed by atoms with E-state index in [4.69, 9.17) is 5.73 Å². The van der Waals surface area contributed by atoms with Crippen molar-refractivity contribution in [1.29, 1.82) is 0 Å². The van der Waals surface area contributed by atoms with E-state index in [1.54, 1.807) is 12.1 Å². The normalized spacial score (nSPS) is 19.1. The van der Waals surface area contributed by atoms with E-state index in [-0.39, 0.29) is 11.9 Å². The van der Waals surface area contributed by atoms with Crippen LogP contribution in [0.3, 0.4) is 0 Å². The van der Waals surface area contributed by atoms with Gasteiger partial charge in [-0.1, -0.05) is 26.0 Å². The van der Waals surface area contributed by atoms with Crippen molar-refractivity contribution in [3.05, 3.63) is 35.6 Å². The summed E-state index contributed by atoms with van der Waals surface area (Å²) in [6, 6.07) is 6.56. The molecule has 1 fully saturated rings. The fourth-order valence-electron chi connectivity index (χ4n) is 2.91. The van der Waals surface area contributed by atoms with Crippen molar-refractivity contribution in [3.63, 3.8) is 0 Å². The van der Waals surface area contributed by atoms with Crippen LogP contribution in [-0.2, 0) is 0 Å². The van der Waals surface area contributed by atoms with Gasteiger partial charge in [-0.2, -0.15) is 0 Å². The second kappa shape index (κ2) is 7.87. The van der Waals surface area contributed by atoms with Gasteiger partial charge in [-0.05, 0) is 30.0 Å². The average molecular weight is 293 g/mol. The van der Waals surface area contributed by atoms with Crippen LogP contribution in [-0.4, -0.2) is 49.1 Å². The topological polar surface area (TPSA) is 32.5 Å². The molecule has 2 N–H and O–H groups in total. The number of benzene rings is 1. The second-order valence-electron chi connectivity index (χ2n) is 6.48. The maximum absolute atomic E-state index is 12.9. The summed E-state index contributed by atoms with van der Waals surface area (Å²) in [6.45, 7) is 11.3. The van der Waals surface area contributed by atoms with Crippen LogP contribution in [0.2, 0.25) is 0 Å². The number of nitrogens with zero attached hydrogens (tertiary/aromatic N) is 2. The number of hydrogen-bond acceptors (Lipinski definition) is 3. The Balaban J connectivity index is 1.70. The quantitative estimate of drug-likeness (QED) is 0.874. The van der Waals surface area contributed by atoms with Gasteiger partial charge in [0.2, 0.25) is 0 Å². The molecule has 1 aromatic carbocycles. The first-order chi connectivity index (χ1) is 10.0. The Kier molecular flexibility index (Phi) is 6.15. The standard InChI is InChI=1S/C17H28FN3/c1-14(2)13-21-11-9-20(10-12-21)8-7-17(19)15-3-5-16(18)6-4-15/h3-6,14,17H,7-13,19H2,1-2H3. The molecule has 0 bridgehead atoms. The van der Waals surface area contributed by atoms with E-state index in [0.29, 0.717) is 0 Å². The smallest absolute Gasteiger partial charge is 0.123 e. The lowest BCUT2D eigenvalue weighted by atomic mass is 10.0. The highest BCUT2D eigenvalue weighted by Crippen LogP contribution is 2.16. The summed E-state index contributed by atoms with van der Waals surface area (Å²) in [5.74, 6) is 0.538. The van der Waals surface area contributed by atoms with E-state index in [2.05, 4.69) is 23.6 Å². The molecule has 4 heteroatoms. The fraction of sp³-hybridized carbons (Fsp3) is 0.647. The van der Waals surface area contributed by atoms with Gasteiger partial charge in [-0.25, -0.2) is 4.39 Å². The van der Waals surface area contributed by atoms with Crippen molar-refractivity contribution in [2.45, 2.75) is 26.3 Å². The van der Waals surface area contributed by atoms with Gasteiger partial charge >= 0.3 is 0 Å². The third kappa shape index (κ3) is 5.38. The molecule has 2 rings (SSSR count). The Bertz CT molecular complexity index is 411. The van der Waals surface area contributed by atoms with Crippen LogP contribution in [0, 0.1) is 11.7 Å². The Labute approximate surface area is 127 Å². The number of nitrogens with two attached hydrogens (primary N) is 1. The van der Waals surface area contributed by atoms with Crippen LogP contribution < -0.4 is 5.73 Å². The minimum absolute atomic E-state index is 0.000654. The first kappa shape index (κ1) is 16.4. The molecule has 0 saturated carbocycles. The van der Waals surface area contributed by atoms with Crippen molar-refractivity contribution in [2.75, 3.05) is 39.3 Å². The van der Waals surface area contributed by atoms with E-state index < -0.39 is 0 Å². The van der Waals surface area contributed by atoms with Gasteiger partial charge in [0.15, 0.2) is 0 Å². The third-order valence-corrected chi connectivity index (χ3v) is 4.14. The van der Waals surface area contributed by atoms with Crippen molar-refractivity contribution < 1.29 is 4.39 Å². The number of rotatable bonds is 6. The molecular formula is C17H28FN3. The zero-order valence-electron chi connectivity index (χ0n) is 13.3. The Morgan fingerprint density at radius 2 is 1.62 bits per heavy atom. The van der Waals surface area contributed by atoms with E-state index >= 15 is 0 Å². The second-order valence-corrected chi connectivity index (χ2v) is 6.48. The van der Waals surface area contributed by atoms with Gasteiger partial charge in [-0.15, -0.1) is 0 Å². The zero-order chi connectivity index (χ0) is 15.2. The maximum Gasteiger partial charge on any atom is 0.123 e. The molecule has 1 aliphatic rings. The number of halogens is 1. The van der Waals surface area contributed by atoms with Crippen LogP contribution in [0.15, 0.2) is 24.3 Å². The lowest BCUT2D eigenvalue weighted by molar-refractivity contribution is 0.120. The number of hydrogen-bond donors (Lipinski definition) is 1. The fourth-order valence-corrected chi connectivity index (χ4v) is 2.91. The summed E-state index contributed by atoms with van der Waals surface area (Å²) in [5.41, 5.74) is 7.22. The highest BCUT2D eigenvalue weighted by molar-refractivity contribution is 5.19. The maximum atomic E-state index is 12.9. The molecule has 118 valence electrons. The Morgan fingerprint density at radius 1 is 1.05 bits per heavy atom. The highest BCUT2D eigenvalue weighted by atomic mass is 19.1. The summed E-state index contributed by atoms with van der Waals surface area (Å²) >= 11 is 0. The van der Waals surface area contributed by atoms with Gasteiger partial charge in [0.1, 0.15) is 5.82 Å². The van der Waals surface area contributed by atoms with Crippen LogP contribution in [0.5, 0.6) is 0 Å². The van der Waals surface area contributed by atoms with Crippen LogP contribution in [0.1, 0.15) is 31.9 Å². The van der Waals surface area contributed by atoms with Crippen molar-refractivity contribution in [3.8, 4) is 0 Å². The summed E-state index contributed by atoms with van der Waals surface area (Å²) in [6.07, 6.45) is 0.926. The summed E-state index contributed by atoms with van der Waals surface area (Å²) in [5, 5.41) is 0. The minimum atomic E-state index is -0.202. The van der Waals surface area contributed by atoms with Crippen LogP contribution in [0.25, 0.3) is 0 Å². The predicted octanol–water partition coefficient (Wildman–Crippen LogP) is 2.49. The minimum Gasteiger partial charge on any atom is -0.324 e. The summed E-state index contributed by atoms with van der Waals surface area (Å²) < 4.78 is 12.9. The van der Waals surface area contributed by atoms with Crippen molar-refractivity contribution in [1.82, 2.24) is 9.80 Å². The van der Waals surface area contributed by atoms with Gasteiger partial charge in [0.05, 0.1) is 0 Å². The lowest BCUT2D eigenvalue weighted by Crippen LogP contribution is -2.47. The summed E-state index contributed by atoms with van der Waals surface area (Å²) in [4.78, 5) is 5.03. The molecule has 3 nitrogen and oxygen atoms in total. The molecule has 1 heterocycles.